The molecule has 142 valence electrons. The highest BCUT2D eigenvalue weighted by Gasteiger charge is 2.20. The zero-order chi connectivity index (χ0) is 19.4. The van der Waals surface area contributed by atoms with E-state index in [4.69, 9.17) is 15.4 Å². The van der Waals surface area contributed by atoms with Crippen LogP contribution in [0.3, 0.4) is 0 Å². The fourth-order valence-electron chi connectivity index (χ4n) is 2.32. The normalized spacial score (nSPS) is 11.4. The zero-order valence-corrected chi connectivity index (χ0v) is 14.9. The van der Waals surface area contributed by atoms with Crippen LogP contribution >= 0.6 is 0 Å². The molecule has 1 amide bonds. The molecule has 10 nitrogen and oxygen atoms in total. The van der Waals surface area contributed by atoms with E-state index >= 15 is 0 Å². The highest BCUT2D eigenvalue weighted by Crippen LogP contribution is 2.19. The highest BCUT2D eigenvalue weighted by atomic mass is 32.2. The van der Waals surface area contributed by atoms with Crippen LogP contribution in [0.5, 0.6) is 0 Å². The summed E-state index contributed by atoms with van der Waals surface area (Å²) in [7, 11) is -3.88. The number of anilines is 1. The third-order valence-electron chi connectivity index (χ3n) is 3.63. The summed E-state index contributed by atoms with van der Waals surface area (Å²) in [4.78, 5) is 12.1. The van der Waals surface area contributed by atoms with Crippen molar-refractivity contribution >= 4 is 21.7 Å². The third-order valence-corrected chi connectivity index (χ3v) is 5.17. The number of nitrogens with two attached hydrogens (primary N) is 1. The maximum absolute atomic E-state index is 12.2. The summed E-state index contributed by atoms with van der Waals surface area (Å²) in [5.41, 5.74) is 6.52. The second-order valence-corrected chi connectivity index (χ2v) is 7.49. The van der Waals surface area contributed by atoms with E-state index in [0.29, 0.717) is 9.85 Å². The molecule has 27 heavy (non-hydrogen) atoms. The summed E-state index contributed by atoms with van der Waals surface area (Å²) in [6, 6.07) is 11.9. The minimum absolute atomic E-state index is 0.0346. The molecule has 0 unspecified atom stereocenters. The monoisotopic (exact) mass is 391 g/mol. The molecule has 3 rings (SSSR count). The van der Waals surface area contributed by atoms with E-state index in [1.807, 2.05) is 30.3 Å². The lowest BCUT2D eigenvalue weighted by Gasteiger charge is -2.06. The van der Waals surface area contributed by atoms with Crippen molar-refractivity contribution in [2.45, 2.75) is 6.61 Å². The number of hydrogen-bond acceptors (Lipinski definition) is 8. The molecule has 0 atom stereocenters. The zero-order valence-electron chi connectivity index (χ0n) is 14.1. The number of carbonyl (C=O) groups excluding carboxylic acids is 1. The molecule has 0 radical (unpaired) electrons. The van der Waals surface area contributed by atoms with Crippen LogP contribution < -0.4 is 11.1 Å². The van der Waals surface area contributed by atoms with Crippen molar-refractivity contribution in [2.75, 3.05) is 18.0 Å². The summed E-state index contributed by atoms with van der Waals surface area (Å²) in [6.07, 6.45) is 0. The number of carbonyl (C=O) groups is 1. The van der Waals surface area contributed by atoms with E-state index in [9.17, 15) is 13.2 Å². The first-order chi connectivity index (χ1) is 12.9. The maximum Gasteiger partial charge on any atom is 0.273 e. The predicted octanol–water partition coefficient (Wildman–Crippen LogP) is 0.221. The Balaban J connectivity index is 1.61. The standard InChI is InChI=1S/C16H17N5O5S/c17-15-8-12(10-22)19-21(15)27(24,25)7-6-18-16(23)13-9-14(26-20-13)11-4-2-1-3-5-11/h1-5,8-9,22H,6-7,10,17H2,(H,18,23). The number of aliphatic hydroxyl groups is 1. The summed E-state index contributed by atoms with van der Waals surface area (Å²) in [6.45, 7) is -0.609. The van der Waals surface area contributed by atoms with Crippen molar-refractivity contribution in [3.05, 3.63) is 53.9 Å². The number of nitrogen functional groups attached to an aromatic ring is 1. The first-order valence-corrected chi connectivity index (χ1v) is 9.50. The summed E-state index contributed by atoms with van der Waals surface area (Å²) < 4.78 is 30.3. The molecule has 1 aromatic carbocycles. The van der Waals surface area contributed by atoms with Gasteiger partial charge in [-0.25, -0.2) is 8.42 Å². The van der Waals surface area contributed by atoms with Gasteiger partial charge in [-0.15, -0.1) is 4.09 Å². The van der Waals surface area contributed by atoms with Crippen LogP contribution in [0.4, 0.5) is 5.82 Å². The fourth-order valence-corrected chi connectivity index (χ4v) is 3.46. The van der Waals surface area contributed by atoms with Gasteiger partial charge in [-0.1, -0.05) is 35.5 Å². The van der Waals surface area contributed by atoms with Crippen molar-refractivity contribution < 1.29 is 22.8 Å². The van der Waals surface area contributed by atoms with E-state index in [1.54, 1.807) is 0 Å². The number of amides is 1. The average molecular weight is 391 g/mol. The number of rotatable bonds is 7. The molecule has 0 bridgehead atoms. The second-order valence-electron chi connectivity index (χ2n) is 5.58. The molecule has 2 aromatic heterocycles. The SMILES string of the molecule is Nc1cc(CO)nn1S(=O)(=O)CCNC(=O)c1cc(-c2ccccc2)on1. The van der Waals surface area contributed by atoms with Gasteiger partial charge in [0.25, 0.3) is 15.9 Å². The first kappa shape index (κ1) is 18.6. The molecule has 0 fully saturated rings. The van der Waals surface area contributed by atoms with Gasteiger partial charge in [0.05, 0.1) is 18.1 Å². The average Bonchev–Trinajstić information content (AvgIpc) is 3.29. The predicted molar refractivity (Wildman–Crippen MR) is 96.0 cm³/mol. The quantitative estimate of drug-likeness (QED) is 0.517. The Bertz CT molecular complexity index is 1040. The van der Waals surface area contributed by atoms with Crippen LogP contribution in [0.2, 0.25) is 0 Å². The second kappa shape index (κ2) is 7.60. The Morgan fingerprint density at radius 1 is 1.26 bits per heavy atom. The Kier molecular flexibility index (Phi) is 5.23. The number of nitrogens with one attached hydrogen (secondary N) is 1. The molecule has 2 heterocycles. The largest absolute Gasteiger partial charge is 0.390 e. The van der Waals surface area contributed by atoms with Gasteiger partial charge < -0.3 is 20.7 Å². The Labute approximate surface area is 154 Å². The highest BCUT2D eigenvalue weighted by molar-refractivity contribution is 7.89. The van der Waals surface area contributed by atoms with Gasteiger partial charge in [0.2, 0.25) is 0 Å². The van der Waals surface area contributed by atoms with E-state index in [1.165, 1.54) is 12.1 Å². The van der Waals surface area contributed by atoms with Crippen molar-refractivity contribution in [1.29, 1.82) is 0 Å². The molecule has 11 heteroatoms. The maximum atomic E-state index is 12.2. The van der Waals surface area contributed by atoms with Crippen molar-refractivity contribution in [3.8, 4) is 11.3 Å². The van der Waals surface area contributed by atoms with Crippen molar-refractivity contribution in [2.24, 2.45) is 0 Å². The van der Waals surface area contributed by atoms with Gasteiger partial charge in [0.1, 0.15) is 5.82 Å². The van der Waals surface area contributed by atoms with Gasteiger partial charge >= 0.3 is 0 Å². The van der Waals surface area contributed by atoms with Crippen LogP contribution in [-0.4, -0.2) is 46.1 Å². The van der Waals surface area contributed by atoms with Gasteiger partial charge in [-0.2, -0.15) is 5.10 Å². The molecule has 0 spiro atoms. The van der Waals surface area contributed by atoms with E-state index in [0.717, 1.165) is 5.56 Å². The number of aromatic nitrogens is 3. The number of aliphatic hydroxyl groups excluding tert-OH is 1. The molecule has 4 N–H and O–H groups in total. The van der Waals surface area contributed by atoms with Crippen LogP contribution in [0.15, 0.2) is 47.0 Å². The van der Waals surface area contributed by atoms with E-state index in [2.05, 4.69) is 15.6 Å². The Morgan fingerprint density at radius 3 is 2.67 bits per heavy atom. The molecule has 0 aliphatic rings. The summed E-state index contributed by atoms with van der Waals surface area (Å²) in [5, 5.41) is 18.9. The van der Waals surface area contributed by atoms with Crippen LogP contribution in [0, 0.1) is 0 Å². The van der Waals surface area contributed by atoms with Crippen molar-refractivity contribution in [1.82, 2.24) is 19.7 Å². The molecule has 3 aromatic rings. The minimum Gasteiger partial charge on any atom is -0.390 e. The third kappa shape index (κ3) is 4.15. The van der Waals surface area contributed by atoms with Crippen molar-refractivity contribution in [3.63, 3.8) is 0 Å². The first-order valence-electron chi connectivity index (χ1n) is 7.89. The summed E-state index contributed by atoms with van der Waals surface area (Å²) in [5.74, 6) is -0.692. The van der Waals surface area contributed by atoms with E-state index in [-0.39, 0.29) is 23.8 Å². The number of benzene rings is 1. The Hall–Kier alpha value is -3.18. The number of hydrogen-bond donors (Lipinski definition) is 3. The van der Waals surface area contributed by atoms with Gasteiger partial charge in [0, 0.05) is 24.2 Å². The van der Waals surface area contributed by atoms with Gasteiger partial charge in [-0.3, -0.25) is 4.79 Å². The van der Waals surface area contributed by atoms with Crippen LogP contribution in [0.1, 0.15) is 16.2 Å². The minimum atomic E-state index is -3.88. The Morgan fingerprint density at radius 2 is 2.00 bits per heavy atom. The molecule has 0 aliphatic carbocycles. The lowest BCUT2D eigenvalue weighted by atomic mass is 10.1. The summed E-state index contributed by atoms with van der Waals surface area (Å²) >= 11 is 0. The molecule has 0 saturated carbocycles. The lowest BCUT2D eigenvalue weighted by molar-refractivity contribution is 0.0947. The van der Waals surface area contributed by atoms with Crippen LogP contribution in [-0.2, 0) is 16.6 Å². The molecular formula is C16H17N5O5S. The number of nitrogens with zero attached hydrogens (tertiary/aromatic N) is 3. The fraction of sp³-hybridized carbons (Fsp3) is 0.188. The smallest absolute Gasteiger partial charge is 0.273 e. The van der Waals surface area contributed by atoms with Crippen LogP contribution in [0.25, 0.3) is 11.3 Å². The molecular weight excluding hydrogens is 374 g/mol. The topological polar surface area (TPSA) is 153 Å². The van der Waals surface area contributed by atoms with E-state index < -0.39 is 28.3 Å². The lowest BCUT2D eigenvalue weighted by Crippen LogP contribution is -2.32. The van der Waals surface area contributed by atoms with Gasteiger partial charge in [0.15, 0.2) is 11.5 Å². The van der Waals surface area contributed by atoms with Gasteiger partial charge in [-0.05, 0) is 0 Å². The molecule has 0 aliphatic heterocycles. The molecule has 0 saturated heterocycles.